The molecule has 98 valence electrons. The first-order valence-electron chi connectivity index (χ1n) is 5.57. The van der Waals surface area contributed by atoms with Gasteiger partial charge in [0.05, 0.1) is 9.65 Å². The Labute approximate surface area is 119 Å². The molecule has 0 saturated carbocycles. The van der Waals surface area contributed by atoms with Crippen LogP contribution < -0.4 is 0 Å². The minimum atomic E-state index is -1.41. The van der Waals surface area contributed by atoms with E-state index in [1.54, 1.807) is 0 Å². The monoisotopic (exact) mass is 390 g/mol. The van der Waals surface area contributed by atoms with Gasteiger partial charge in [-0.05, 0) is 39.3 Å². The maximum absolute atomic E-state index is 5.86. The van der Waals surface area contributed by atoms with Crippen LogP contribution in [0.4, 0.5) is 0 Å². The van der Waals surface area contributed by atoms with Crippen molar-refractivity contribution in [1.82, 2.24) is 0 Å². The van der Waals surface area contributed by atoms with Crippen molar-refractivity contribution in [3.63, 3.8) is 0 Å². The van der Waals surface area contributed by atoms with Gasteiger partial charge < -0.3 is 8.85 Å². The SMILES string of the molecule is C[Si](C)(C)OCC(Br)C(Br)CO[Si](C)(C)C. The summed E-state index contributed by atoms with van der Waals surface area (Å²) in [6.45, 7) is 14.7. The molecule has 0 radical (unpaired) electrons. The van der Waals surface area contributed by atoms with Gasteiger partial charge in [-0.3, -0.25) is 0 Å². The summed E-state index contributed by atoms with van der Waals surface area (Å²) in [7, 11) is -2.82. The second-order valence-electron chi connectivity index (χ2n) is 5.88. The number of hydrogen-bond donors (Lipinski definition) is 0. The summed E-state index contributed by atoms with van der Waals surface area (Å²) >= 11 is 7.30. The predicted octanol–water partition coefficient (Wildman–Crippen LogP) is 4.22. The van der Waals surface area contributed by atoms with Crippen LogP contribution in [0.2, 0.25) is 39.3 Å². The molecule has 0 N–H and O–H groups in total. The Bertz CT molecular complexity index is 180. The van der Waals surface area contributed by atoms with Crippen molar-refractivity contribution in [2.75, 3.05) is 13.2 Å². The Balaban J connectivity index is 3.86. The maximum Gasteiger partial charge on any atom is 0.183 e. The highest BCUT2D eigenvalue weighted by molar-refractivity contribution is 9.12. The van der Waals surface area contributed by atoms with Crippen molar-refractivity contribution in [1.29, 1.82) is 0 Å². The molecule has 6 heteroatoms. The fourth-order valence-corrected chi connectivity index (χ4v) is 3.28. The Hall–Kier alpha value is 1.31. The minimum absolute atomic E-state index is 0.315. The first-order chi connectivity index (χ1) is 7.01. The first-order valence-corrected chi connectivity index (χ1v) is 14.2. The average Bonchev–Trinajstić information content (AvgIpc) is 2.07. The zero-order valence-electron chi connectivity index (χ0n) is 11.1. The summed E-state index contributed by atoms with van der Waals surface area (Å²) in [5.74, 6) is 0. The zero-order valence-corrected chi connectivity index (χ0v) is 16.3. The van der Waals surface area contributed by atoms with E-state index in [9.17, 15) is 0 Å². The molecule has 2 atom stereocenters. The summed E-state index contributed by atoms with van der Waals surface area (Å²) in [6.07, 6.45) is 0. The van der Waals surface area contributed by atoms with Crippen molar-refractivity contribution in [3.8, 4) is 0 Å². The summed E-state index contributed by atoms with van der Waals surface area (Å²) in [5.41, 5.74) is 0. The lowest BCUT2D eigenvalue weighted by Gasteiger charge is -2.25. The van der Waals surface area contributed by atoms with Crippen LogP contribution in [0.1, 0.15) is 0 Å². The lowest BCUT2D eigenvalue weighted by molar-refractivity contribution is 0.273. The molecular weight excluding hydrogens is 368 g/mol. The fraction of sp³-hybridized carbons (Fsp3) is 1.00. The normalized spacial score (nSPS) is 17.2. The summed E-state index contributed by atoms with van der Waals surface area (Å²) in [4.78, 5) is 0.631. The van der Waals surface area contributed by atoms with Crippen molar-refractivity contribution in [3.05, 3.63) is 0 Å². The van der Waals surface area contributed by atoms with Gasteiger partial charge in [-0.15, -0.1) is 0 Å². The molecule has 0 amide bonds. The quantitative estimate of drug-likeness (QED) is 0.477. The van der Waals surface area contributed by atoms with Crippen LogP contribution in [0.15, 0.2) is 0 Å². The average molecular weight is 392 g/mol. The Kier molecular flexibility index (Phi) is 7.62. The molecule has 0 fully saturated rings. The van der Waals surface area contributed by atoms with Gasteiger partial charge in [0.15, 0.2) is 16.6 Å². The van der Waals surface area contributed by atoms with Gasteiger partial charge in [-0.25, -0.2) is 0 Å². The van der Waals surface area contributed by atoms with Gasteiger partial charge >= 0.3 is 0 Å². The molecule has 2 nitrogen and oxygen atoms in total. The molecule has 0 aromatic rings. The van der Waals surface area contributed by atoms with E-state index in [2.05, 4.69) is 71.1 Å². The number of halogens is 2. The van der Waals surface area contributed by atoms with Crippen molar-refractivity contribution in [2.24, 2.45) is 0 Å². The van der Waals surface area contributed by atoms with Crippen LogP contribution in [0.25, 0.3) is 0 Å². The van der Waals surface area contributed by atoms with E-state index in [-0.39, 0.29) is 0 Å². The van der Waals surface area contributed by atoms with Gasteiger partial charge in [-0.1, -0.05) is 31.9 Å². The second kappa shape index (κ2) is 7.04. The topological polar surface area (TPSA) is 18.5 Å². The van der Waals surface area contributed by atoms with E-state index in [0.717, 1.165) is 13.2 Å². The van der Waals surface area contributed by atoms with E-state index in [1.807, 2.05) is 0 Å². The van der Waals surface area contributed by atoms with Crippen molar-refractivity contribution in [2.45, 2.75) is 48.9 Å². The molecule has 0 rings (SSSR count). The van der Waals surface area contributed by atoms with E-state index < -0.39 is 16.6 Å². The highest BCUT2D eigenvalue weighted by Crippen LogP contribution is 2.19. The van der Waals surface area contributed by atoms with Gasteiger partial charge in [-0.2, -0.15) is 0 Å². The van der Waals surface area contributed by atoms with Crippen LogP contribution in [-0.4, -0.2) is 39.5 Å². The Morgan fingerprint density at radius 3 is 1.19 bits per heavy atom. The van der Waals surface area contributed by atoms with E-state index in [0.29, 0.717) is 9.65 Å². The van der Waals surface area contributed by atoms with Crippen LogP contribution in [-0.2, 0) is 8.85 Å². The number of alkyl halides is 2. The van der Waals surface area contributed by atoms with Gasteiger partial charge in [0.25, 0.3) is 0 Å². The molecule has 0 aromatic carbocycles. The van der Waals surface area contributed by atoms with Crippen LogP contribution in [0, 0.1) is 0 Å². The third-order valence-corrected chi connectivity index (χ3v) is 6.32. The zero-order chi connectivity index (χ0) is 13.0. The predicted molar refractivity (Wildman–Crippen MR) is 84.0 cm³/mol. The third kappa shape index (κ3) is 10.5. The maximum atomic E-state index is 5.86. The molecule has 0 aliphatic carbocycles. The summed E-state index contributed by atoms with van der Waals surface area (Å²) in [6, 6.07) is 0. The largest absolute Gasteiger partial charge is 0.416 e. The molecule has 0 saturated heterocycles. The van der Waals surface area contributed by atoms with Crippen LogP contribution in [0.3, 0.4) is 0 Å². The molecular formula is C10H24Br2O2Si2. The van der Waals surface area contributed by atoms with E-state index in [1.165, 1.54) is 0 Å². The number of rotatable bonds is 7. The minimum Gasteiger partial charge on any atom is -0.416 e. The molecule has 0 aliphatic rings. The molecule has 0 spiro atoms. The van der Waals surface area contributed by atoms with Crippen molar-refractivity contribution >= 4 is 48.5 Å². The molecule has 2 unspecified atom stereocenters. The lowest BCUT2D eigenvalue weighted by atomic mass is 10.3. The second-order valence-corrected chi connectivity index (χ2v) is 17.3. The van der Waals surface area contributed by atoms with Gasteiger partial charge in [0, 0.05) is 13.2 Å². The Morgan fingerprint density at radius 1 is 0.750 bits per heavy atom. The van der Waals surface area contributed by atoms with Crippen molar-refractivity contribution < 1.29 is 8.85 Å². The molecule has 0 bridgehead atoms. The fourth-order valence-electron chi connectivity index (χ4n) is 0.868. The standard InChI is InChI=1S/C10H24Br2O2Si2/c1-15(2,3)13-7-9(11)10(12)8-14-16(4,5)6/h9-10H,7-8H2,1-6H3. The first kappa shape index (κ1) is 17.3. The van der Waals surface area contributed by atoms with Gasteiger partial charge in [0.2, 0.25) is 0 Å². The lowest BCUT2D eigenvalue weighted by Crippen LogP contribution is -2.35. The summed E-state index contributed by atoms with van der Waals surface area (Å²) in [5, 5.41) is 0. The molecule has 16 heavy (non-hydrogen) atoms. The smallest absolute Gasteiger partial charge is 0.183 e. The van der Waals surface area contributed by atoms with Crippen LogP contribution in [0.5, 0.6) is 0 Å². The third-order valence-electron chi connectivity index (χ3n) is 1.74. The van der Waals surface area contributed by atoms with Gasteiger partial charge in [0.1, 0.15) is 0 Å². The van der Waals surface area contributed by atoms with E-state index in [4.69, 9.17) is 8.85 Å². The molecule has 0 aliphatic heterocycles. The Morgan fingerprint density at radius 2 is 1.00 bits per heavy atom. The summed E-state index contributed by atoms with van der Waals surface area (Å²) < 4.78 is 11.7. The molecule has 0 aromatic heterocycles. The highest BCUT2D eigenvalue weighted by atomic mass is 79.9. The van der Waals surface area contributed by atoms with Crippen LogP contribution >= 0.6 is 31.9 Å². The highest BCUT2D eigenvalue weighted by Gasteiger charge is 2.23. The molecule has 0 heterocycles. The number of hydrogen-bond acceptors (Lipinski definition) is 2. The van der Waals surface area contributed by atoms with E-state index >= 15 is 0 Å².